The molecule has 1 saturated heterocycles. The van der Waals surface area contributed by atoms with Gasteiger partial charge in [0.15, 0.2) is 11.9 Å². The molecule has 8 atom stereocenters. The summed E-state index contributed by atoms with van der Waals surface area (Å²) in [4.78, 5) is 134. The van der Waals surface area contributed by atoms with E-state index < -0.39 is 83.1 Å². The Bertz CT molecular complexity index is 3100. The normalized spacial score (nSPS) is 19.6. The third-order valence-electron chi connectivity index (χ3n) is 16.7. The van der Waals surface area contributed by atoms with Crippen molar-refractivity contribution < 1.29 is 90.9 Å². The van der Waals surface area contributed by atoms with Gasteiger partial charge in [-0.3, -0.25) is 43.2 Å². The Hall–Kier alpha value is -7.41. The maximum absolute atomic E-state index is 14.0. The van der Waals surface area contributed by atoms with E-state index in [2.05, 4.69) is 16.0 Å². The number of rotatable bonds is 38. The number of nitrogens with zero attached hydrogens (tertiary/aromatic N) is 1. The van der Waals surface area contributed by atoms with Crippen molar-refractivity contribution in [3.05, 3.63) is 117 Å². The van der Waals surface area contributed by atoms with E-state index in [0.29, 0.717) is 55.6 Å². The molecule has 0 unspecified atom stereocenters. The molecule has 5 rings (SSSR count). The SMILES string of the molecule is COCCOCCOCCOCCC(=O)N(CCC(=O)O)CCC(=O)C[C@H](C(=O)N[C@@H](C)C(=O)Cc1ccc(COC(=O)CCc2ccc([C@H]3O[C@@H]3[C@@H](C)[C@@H]3C/C=C/C(=O)N[C@H](Cc4ccc(C)c(Cl)c4)C(=O)NCC(C)(C)C(=O)O[C@@H](CC(C)C)C(=O)O3)cc2)cc1)C(C)C. The van der Waals surface area contributed by atoms with E-state index >= 15 is 0 Å². The second-order valence-electron chi connectivity index (χ2n) is 26.0. The molecular weight excluding hydrogens is 1260 g/mol. The van der Waals surface area contributed by atoms with Crippen molar-refractivity contribution in [3.8, 4) is 0 Å². The molecule has 1 fully saturated rings. The third-order valence-corrected chi connectivity index (χ3v) is 17.1. The number of carboxylic acid groups (broad SMARTS) is 1. The van der Waals surface area contributed by atoms with Crippen LogP contribution >= 0.6 is 11.6 Å². The number of carbonyl (C=O) groups is 10. The van der Waals surface area contributed by atoms with Gasteiger partial charge in [-0.2, -0.15) is 0 Å². The van der Waals surface area contributed by atoms with Gasteiger partial charge in [-0.15, -0.1) is 0 Å². The van der Waals surface area contributed by atoms with Crippen LogP contribution in [-0.2, 0) is 112 Å². The molecule has 23 nitrogen and oxygen atoms in total. The Labute approximate surface area is 569 Å². The summed E-state index contributed by atoms with van der Waals surface area (Å²) in [6.45, 7) is 18.0. The van der Waals surface area contributed by atoms with Gasteiger partial charge >= 0.3 is 23.9 Å². The van der Waals surface area contributed by atoms with Gasteiger partial charge in [0.2, 0.25) is 23.6 Å². The zero-order chi connectivity index (χ0) is 70.5. The lowest BCUT2D eigenvalue weighted by atomic mass is 9.88. The van der Waals surface area contributed by atoms with Crippen molar-refractivity contribution in [1.82, 2.24) is 20.9 Å². The van der Waals surface area contributed by atoms with Crippen molar-refractivity contribution in [3.63, 3.8) is 0 Å². The van der Waals surface area contributed by atoms with Crippen molar-refractivity contribution in [2.45, 2.75) is 170 Å². The highest BCUT2D eigenvalue weighted by molar-refractivity contribution is 6.31. The first kappa shape index (κ1) is 79.3. The van der Waals surface area contributed by atoms with Crippen LogP contribution in [0.2, 0.25) is 5.02 Å². The number of cyclic esters (lactones) is 2. The predicted molar refractivity (Wildman–Crippen MR) is 356 cm³/mol. The molecule has 3 aromatic rings. The molecule has 4 N–H and O–H groups in total. The number of hydrogen-bond donors (Lipinski definition) is 4. The molecule has 0 aliphatic carbocycles. The molecule has 0 radical (unpaired) electrons. The van der Waals surface area contributed by atoms with Crippen LogP contribution in [0, 0.1) is 36.0 Å². The molecule has 2 aliphatic rings. The number of benzene rings is 3. The summed E-state index contributed by atoms with van der Waals surface area (Å²) in [6.07, 6.45) is 0.468. The molecule has 2 heterocycles. The van der Waals surface area contributed by atoms with E-state index in [-0.39, 0.29) is 139 Å². The first-order valence-electron chi connectivity index (χ1n) is 33.1. The zero-order valence-electron chi connectivity index (χ0n) is 57.2. The van der Waals surface area contributed by atoms with Gasteiger partial charge in [-0.05, 0) is 97.9 Å². The van der Waals surface area contributed by atoms with Crippen molar-refractivity contribution in [2.75, 3.05) is 73.0 Å². The smallest absolute Gasteiger partial charge is 0.347 e. The van der Waals surface area contributed by atoms with Crippen LogP contribution in [0.3, 0.4) is 0 Å². The largest absolute Gasteiger partial charge is 0.481 e. The number of halogens is 1. The van der Waals surface area contributed by atoms with E-state index in [9.17, 15) is 53.1 Å². The van der Waals surface area contributed by atoms with E-state index in [0.717, 1.165) is 22.3 Å². The molecule has 96 heavy (non-hydrogen) atoms. The van der Waals surface area contributed by atoms with Crippen molar-refractivity contribution >= 4 is 70.7 Å². The first-order valence-corrected chi connectivity index (χ1v) is 33.5. The van der Waals surface area contributed by atoms with Crippen LogP contribution in [0.15, 0.2) is 78.9 Å². The summed E-state index contributed by atoms with van der Waals surface area (Å²) in [7, 11) is 1.59. The second kappa shape index (κ2) is 40.3. The van der Waals surface area contributed by atoms with Gasteiger partial charge in [0.25, 0.3) is 0 Å². The fraction of sp³-hybridized carbons (Fsp3) is 0.583. The van der Waals surface area contributed by atoms with Gasteiger partial charge in [-0.1, -0.05) is 113 Å². The Morgan fingerprint density at radius 3 is 2.03 bits per heavy atom. The van der Waals surface area contributed by atoms with E-state index in [1.807, 2.05) is 64.1 Å². The molecular formula is C72H99ClN4O19. The molecule has 0 bridgehead atoms. The van der Waals surface area contributed by atoms with Gasteiger partial charge in [-0.25, -0.2) is 4.79 Å². The summed E-state index contributed by atoms with van der Waals surface area (Å²) >= 11 is 6.40. The number of amides is 4. The number of Topliss-reactive ketones (excluding diaryl/α,β-unsaturated/α-hetero) is 2. The van der Waals surface area contributed by atoms with Crippen LogP contribution in [0.4, 0.5) is 0 Å². The minimum atomic E-state index is -1.26. The molecule has 2 aliphatic heterocycles. The molecule has 24 heteroatoms. The highest BCUT2D eigenvalue weighted by Crippen LogP contribution is 2.45. The Balaban J connectivity index is 1.07. The molecule has 0 saturated carbocycles. The third kappa shape index (κ3) is 28.0. The fourth-order valence-corrected chi connectivity index (χ4v) is 10.6. The minimum Gasteiger partial charge on any atom is -0.481 e. The summed E-state index contributed by atoms with van der Waals surface area (Å²) in [6, 6.07) is 18.2. The van der Waals surface area contributed by atoms with Crippen LogP contribution in [0.25, 0.3) is 0 Å². The fourth-order valence-electron chi connectivity index (χ4n) is 10.4. The number of ketones is 2. The molecule has 4 amide bonds. The second-order valence-corrected chi connectivity index (χ2v) is 26.4. The average Bonchev–Trinajstić information content (AvgIpc) is 1.63. The highest BCUT2D eigenvalue weighted by Gasteiger charge is 2.48. The predicted octanol–water partition coefficient (Wildman–Crippen LogP) is 7.73. The highest BCUT2D eigenvalue weighted by atomic mass is 35.5. The number of epoxide rings is 1. The number of ether oxygens (including phenoxy) is 8. The van der Waals surface area contributed by atoms with Crippen molar-refractivity contribution in [2.24, 2.45) is 29.1 Å². The maximum atomic E-state index is 14.0. The molecule has 3 aromatic carbocycles. The standard InChI is InChI=1S/C72H99ClN4O19/c1-45(2)38-61-70(87)94-60(12-11-13-62(80)76-58(40-53-15-14-47(5)57(73)39-53)69(86)74-44-72(8,9)71(88)95-61)48(6)66-67(96-66)54-23-20-50(21-24-54)22-25-65(84)93-43-52-18-16-51(17-19-52)41-59(79)49(7)75-68(85)56(46(3)4)42-55(78)26-29-77(30-27-64(82)83)63(81)28-31-90-34-35-92-37-36-91-33-32-89-10/h11,13-21,23-24,39,45-46,48-49,56,58,60-61,66-67H,12,22,25-38,40-44H2,1-10H3,(H,74,86)(H,75,85)(H,76,80)(H,82,83)/b13-11+/t48-,49-,56-,58+,60-,61-,66+,67+/m0/s1. The Kier molecular flexibility index (Phi) is 33.3. The lowest BCUT2D eigenvalue weighted by Crippen LogP contribution is -2.51. The Morgan fingerprint density at radius 1 is 0.771 bits per heavy atom. The summed E-state index contributed by atoms with van der Waals surface area (Å²) in [5.41, 5.74) is 3.45. The van der Waals surface area contributed by atoms with E-state index in [4.69, 9.17) is 49.5 Å². The van der Waals surface area contributed by atoms with Gasteiger partial charge in [0.1, 0.15) is 30.6 Å². The first-order chi connectivity index (χ1) is 45.6. The summed E-state index contributed by atoms with van der Waals surface area (Å²) < 4.78 is 45.0. The van der Waals surface area contributed by atoms with Crippen LogP contribution < -0.4 is 16.0 Å². The molecule has 528 valence electrons. The Morgan fingerprint density at radius 2 is 1.40 bits per heavy atom. The topological polar surface area (TPSA) is 307 Å². The number of hydrogen-bond acceptors (Lipinski definition) is 18. The lowest BCUT2D eigenvalue weighted by Gasteiger charge is -2.29. The zero-order valence-corrected chi connectivity index (χ0v) is 58.0. The molecule has 0 aromatic heterocycles. The van der Waals surface area contributed by atoms with E-state index in [1.54, 1.807) is 78.1 Å². The van der Waals surface area contributed by atoms with Gasteiger partial charge in [0.05, 0.1) is 76.7 Å². The van der Waals surface area contributed by atoms with Crippen LogP contribution in [0.5, 0.6) is 0 Å². The number of nitrogens with one attached hydrogen (secondary N) is 3. The average molecular weight is 1360 g/mol. The lowest BCUT2D eigenvalue weighted by molar-refractivity contribution is -0.179. The number of carbonyl (C=O) groups excluding carboxylic acids is 9. The summed E-state index contributed by atoms with van der Waals surface area (Å²) in [5.74, 6) is -6.87. The number of aryl methyl sites for hydroxylation is 2. The maximum Gasteiger partial charge on any atom is 0.347 e. The van der Waals surface area contributed by atoms with Crippen molar-refractivity contribution in [1.29, 1.82) is 0 Å². The quantitative estimate of drug-likeness (QED) is 0.0185. The van der Waals surface area contributed by atoms with Gasteiger partial charge < -0.3 is 63.9 Å². The number of esters is 3. The number of aliphatic carboxylic acids is 1. The monoisotopic (exact) mass is 1360 g/mol. The number of carboxylic acids is 1. The van der Waals surface area contributed by atoms with Gasteiger partial charge in [0, 0.05) is 82.1 Å². The van der Waals surface area contributed by atoms with E-state index in [1.165, 1.54) is 11.0 Å². The summed E-state index contributed by atoms with van der Waals surface area (Å²) in [5, 5.41) is 18.2. The molecule has 0 spiro atoms. The van der Waals surface area contributed by atoms with Crippen LogP contribution in [0.1, 0.15) is 140 Å². The minimum absolute atomic E-state index is 0.00665. The number of methoxy groups -OCH3 is 1. The van der Waals surface area contributed by atoms with Crippen LogP contribution in [-0.4, -0.2) is 172 Å².